The van der Waals surface area contributed by atoms with Crippen LogP contribution in [0.4, 0.5) is 0 Å². The van der Waals surface area contributed by atoms with E-state index in [4.69, 9.17) is 4.98 Å². The average molecular weight is 326 g/mol. The van der Waals surface area contributed by atoms with E-state index in [2.05, 4.69) is 0 Å². The summed E-state index contributed by atoms with van der Waals surface area (Å²) in [4.78, 5) is 16.6. The zero-order valence-electron chi connectivity index (χ0n) is 11.0. The molecule has 0 bridgehead atoms. The van der Waals surface area contributed by atoms with E-state index in [1.54, 1.807) is 6.92 Å². The van der Waals surface area contributed by atoms with Crippen molar-refractivity contribution in [3.05, 3.63) is 65.1 Å². The Bertz CT molecular complexity index is 732. The molecule has 3 rings (SSSR count). The van der Waals surface area contributed by atoms with Crippen molar-refractivity contribution in [1.29, 1.82) is 0 Å². The van der Waals surface area contributed by atoms with Crippen molar-refractivity contribution in [1.82, 2.24) is 4.98 Å². The normalized spacial score (nSPS) is 10.4. The summed E-state index contributed by atoms with van der Waals surface area (Å²) in [7, 11) is 0. The number of aromatic nitrogens is 1. The first-order valence-electron chi connectivity index (χ1n) is 6.38. The van der Waals surface area contributed by atoms with Crippen molar-refractivity contribution >= 4 is 20.3 Å². The predicted molar refractivity (Wildman–Crippen MR) is 82.1 cm³/mol. The topological polar surface area (TPSA) is 30.0 Å². The average Bonchev–Trinajstić information content (AvgIpc) is 2.94. The number of ketones is 1. The van der Waals surface area contributed by atoms with E-state index in [1.165, 1.54) is 0 Å². The molecular weight excluding hydrogens is 313 g/mol. The Morgan fingerprint density at radius 1 is 0.900 bits per heavy atom. The molecular formula is C17H13NOSe. The predicted octanol–water partition coefficient (Wildman–Crippen LogP) is 3.68. The molecule has 2 nitrogen and oxygen atoms in total. The molecule has 1 heterocycles. The Morgan fingerprint density at radius 2 is 1.45 bits per heavy atom. The monoisotopic (exact) mass is 327 g/mol. The molecule has 3 heteroatoms. The molecule has 2 aromatic carbocycles. The van der Waals surface area contributed by atoms with E-state index < -0.39 is 0 Å². The zero-order chi connectivity index (χ0) is 13.9. The number of carbonyl (C=O) groups is 1. The van der Waals surface area contributed by atoms with Crippen molar-refractivity contribution in [2.75, 3.05) is 0 Å². The molecule has 0 saturated heterocycles. The first-order valence-corrected chi connectivity index (χ1v) is 8.09. The van der Waals surface area contributed by atoms with E-state index in [0.29, 0.717) is 0 Å². The van der Waals surface area contributed by atoms with Gasteiger partial charge in [0.15, 0.2) is 0 Å². The molecule has 0 saturated carbocycles. The van der Waals surface area contributed by atoms with Crippen molar-refractivity contribution in [3.8, 4) is 21.4 Å². The van der Waals surface area contributed by atoms with Crippen molar-refractivity contribution in [2.45, 2.75) is 6.92 Å². The van der Waals surface area contributed by atoms with E-state index in [1.807, 2.05) is 60.7 Å². The number of rotatable bonds is 3. The second-order valence-electron chi connectivity index (χ2n) is 4.48. The molecule has 3 aromatic rings. The number of benzene rings is 2. The fourth-order valence-corrected chi connectivity index (χ4v) is 4.13. The van der Waals surface area contributed by atoms with Crippen LogP contribution in [0.3, 0.4) is 0 Å². The Kier molecular flexibility index (Phi) is 3.64. The number of nitrogens with zero attached hydrogens (tertiary/aromatic N) is 1. The number of carbonyl (C=O) groups excluding carboxylic acids is 1. The minimum absolute atomic E-state index is 0.0155. The molecule has 0 radical (unpaired) electrons. The fraction of sp³-hybridized carbons (Fsp3) is 0.0588. The summed E-state index contributed by atoms with van der Waals surface area (Å²) in [5.74, 6) is 0.124. The Morgan fingerprint density at radius 3 is 2.00 bits per heavy atom. The van der Waals surface area contributed by atoms with Crippen LogP contribution in [0.5, 0.6) is 0 Å². The number of hydrogen-bond acceptors (Lipinski definition) is 2. The van der Waals surface area contributed by atoms with Crippen LogP contribution in [-0.2, 0) is 0 Å². The Labute approximate surface area is 123 Å². The third kappa shape index (κ3) is 2.51. The molecule has 0 aliphatic heterocycles. The van der Waals surface area contributed by atoms with Gasteiger partial charge in [-0.05, 0) is 0 Å². The molecule has 0 N–H and O–H groups in total. The van der Waals surface area contributed by atoms with Gasteiger partial charge in [-0.15, -0.1) is 0 Å². The molecule has 0 amide bonds. The third-order valence-corrected chi connectivity index (χ3v) is 5.54. The molecule has 0 unspecified atom stereocenters. The van der Waals surface area contributed by atoms with Gasteiger partial charge >= 0.3 is 123 Å². The standard InChI is InChI=1S/C17H13NOSe/c1-12(19)16-15(13-8-4-2-5-9-13)18-17(20-16)14-10-6-3-7-11-14/h2-11H,1H3. The summed E-state index contributed by atoms with van der Waals surface area (Å²) in [6.45, 7) is 1.63. The van der Waals surface area contributed by atoms with Crippen LogP contribution < -0.4 is 0 Å². The van der Waals surface area contributed by atoms with E-state index in [-0.39, 0.29) is 20.3 Å². The summed E-state index contributed by atoms with van der Waals surface area (Å²) in [5, 5.41) is 0. The summed E-state index contributed by atoms with van der Waals surface area (Å²) in [6, 6.07) is 20.0. The number of Topliss-reactive ketones (excluding diaryl/α,β-unsaturated/α-hetero) is 1. The molecule has 98 valence electrons. The Balaban J connectivity index is 2.15. The zero-order valence-corrected chi connectivity index (χ0v) is 12.8. The first kappa shape index (κ1) is 13.0. The van der Waals surface area contributed by atoms with E-state index in [9.17, 15) is 4.79 Å². The summed E-state index contributed by atoms with van der Waals surface area (Å²) < 4.78 is 1.89. The van der Waals surface area contributed by atoms with Crippen molar-refractivity contribution in [2.24, 2.45) is 0 Å². The van der Waals surface area contributed by atoms with Crippen molar-refractivity contribution < 1.29 is 4.79 Å². The van der Waals surface area contributed by atoms with Crippen LogP contribution in [0, 0.1) is 0 Å². The molecule has 0 aliphatic carbocycles. The van der Waals surface area contributed by atoms with Crippen LogP contribution in [0.1, 0.15) is 16.2 Å². The molecule has 20 heavy (non-hydrogen) atoms. The quantitative estimate of drug-likeness (QED) is 0.543. The molecule has 0 atom stereocenters. The van der Waals surface area contributed by atoms with Gasteiger partial charge < -0.3 is 0 Å². The van der Waals surface area contributed by atoms with E-state index >= 15 is 0 Å². The maximum absolute atomic E-state index is 11.9. The van der Waals surface area contributed by atoms with Crippen LogP contribution in [0.25, 0.3) is 21.4 Å². The van der Waals surface area contributed by atoms with Crippen LogP contribution in [0.15, 0.2) is 60.7 Å². The fourth-order valence-electron chi connectivity index (χ4n) is 2.05. The van der Waals surface area contributed by atoms with Gasteiger partial charge in [0, 0.05) is 0 Å². The Hall–Kier alpha value is -1.96. The molecule has 0 fully saturated rings. The molecule has 0 spiro atoms. The van der Waals surface area contributed by atoms with Crippen LogP contribution >= 0.6 is 0 Å². The second kappa shape index (κ2) is 5.58. The van der Waals surface area contributed by atoms with Gasteiger partial charge in [-0.3, -0.25) is 0 Å². The first-order chi connectivity index (χ1) is 9.75. The molecule has 0 aliphatic rings. The summed E-state index contributed by atoms with van der Waals surface area (Å²) in [6.07, 6.45) is 0. The van der Waals surface area contributed by atoms with Gasteiger partial charge in [-0.2, -0.15) is 0 Å². The maximum atomic E-state index is 11.9. The number of hydrogen-bond donors (Lipinski definition) is 0. The third-order valence-electron chi connectivity index (χ3n) is 3.01. The molecule has 1 aromatic heterocycles. The van der Waals surface area contributed by atoms with Crippen LogP contribution in [-0.4, -0.2) is 25.3 Å². The van der Waals surface area contributed by atoms with Gasteiger partial charge in [-0.25, -0.2) is 0 Å². The van der Waals surface area contributed by atoms with Crippen molar-refractivity contribution in [3.63, 3.8) is 0 Å². The minimum atomic E-state index is -0.0155. The summed E-state index contributed by atoms with van der Waals surface area (Å²) in [5.41, 5.74) is 2.97. The van der Waals surface area contributed by atoms with Gasteiger partial charge in [-0.1, -0.05) is 0 Å². The van der Waals surface area contributed by atoms with Gasteiger partial charge in [0.1, 0.15) is 0 Å². The van der Waals surface area contributed by atoms with Gasteiger partial charge in [0.25, 0.3) is 0 Å². The summed E-state index contributed by atoms with van der Waals surface area (Å²) >= 11 is -0.0155. The van der Waals surface area contributed by atoms with Crippen LogP contribution in [0.2, 0.25) is 0 Å². The second-order valence-corrected chi connectivity index (χ2v) is 6.58. The van der Waals surface area contributed by atoms with Gasteiger partial charge in [0.05, 0.1) is 0 Å². The van der Waals surface area contributed by atoms with E-state index in [0.717, 1.165) is 25.8 Å². The van der Waals surface area contributed by atoms with Gasteiger partial charge in [0.2, 0.25) is 0 Å². The SMILES string of the molecule is CC(=O)c1[se]c(-c2ccccc2)nc1-c1ccccc1.